The van der Waals surface area contributed by atoms with Crippen LogP contribution < -0.4 is 5.32 Å². The average Bonchev–Trinajstić information content (AvgIpc) is 2.77. The third kappa shape index (κ3) is 3.97. The highest BCUT2D eigenvalue weighted by atomic mass is 32.1. The molecule has 2 atom stereocenters. The number of hydrogen-bond donors (Lipinski definition) is 1. The zero-order valence-corrected chi connectivity index (χ0v) is 16.4. The number of fused-ring (bicyclic) bond motifs is 2. The van der Waals surface area contributed by atoms with Crippen LogP contribution in [0, 0.1) is 10.8 Å². The van der Waals surface area contributed by atoms with Gasteiger partial charge in [0, 0.05) is 18.3 Å². The predicted octanol–water partition coefficient (Wildman–Crippen LogP) is 4.46. The Hall–Kier alpha value is -1.62. The summed E-state index contributed by atoms with van der Waals surface area (Å²) in [6, 6.07) is 7.83. The Balaban J connectivity index is 1.66. The van der Waals surface area contributed by atoms with Gasteiger partial charge in [0.25, 0.3) is 0 Å². The van der Waals surface area contributed by atoms with Crippen molar-refractivity contribution in [1.29, 1.82) is 0 Å². The maximum Gasteiger partial charge on any atom is 0.338 e. The minimum absolute atomic E-state index is 0.292. The summed E-state index contributed by atoms with van der Waals surface area (Å²) >= 11 is 5.69. The molecule has 1 aliphatic carbocycles. The van der Waals surface area contributed by atoms with Gasteiger partial charge in [-0.05, 0) is 73.5 Å². The molecular formula is C20H28N2O2S. The quantitative estimate of drug-likeness (QED) is 0.637. The number of esters is 1. The number of anilines is 1. The van der Waals surface area contributed by atoms with Crippen LogP contribution >= 0.6 is 12.2 Å². The van der Waals surface area contributed by atoms with E-state index >= 15 is 0 Å². The molecule has 136 valence electrons. The molecule has 5 heteroatoms. The fourth-order valence-electron chi connectivity index (χ4n) is 4.80. The van der Waals surface area contributed by atoms with E-state index < -0.39 is 0 Å². The molecule has 4 nitrogen and oxygen atoms in total. The summed E-state index contributed by atoms with van der Waals surface area (Å²) in [5.41, 5.74) is 2.20. The van der Waals surface area contributed by atoms with Crippen LogP contribution in [-0.4, -0.2) is 35.2 Å². The minimum atomic E-state index is -0.292. The second-order valence-electron chi connectivity index (χ2n) is 8.57. The maximum absolute atomic E-state index is 11.7. The van der Waals surface area contributed by atoms with Crippen LogP contribution in [0.1, 0.15) is 57.3 Å². The van der Waals surface area contributed by atoms with Crippen LogP contribution in [0.5, 0.6) is 0 Å². The maximum atomic E-state index is 11.7. The fourth-order valence-corrected chi connectivity index (χ4v) is 5.13. The Morgan fingerprint density at radius 1 is 1.28 bits per heavy atom. The summed E-state index contributed by atoms with van der Waals surface area (Å²) in [6.45, 7) is 10.3. The van der Waals surface area contributed by atoms with Crippen LogP contribution in [0.15, 0.2) is 24.3 Å². The molecule has 0 unspecified atom stereocenters. The summed E-state index contributed by atoms with van der Waals surface area (Å²) in [7, 11) is 0. The van der Waals surface area contributed by atoms with Gasteiger partial charge < -0.3 is 15.0 Å². The van der Waals surface area contributed by atoms with Gasteiger partial charge in [-0.1, -0.05) is 20.8 Å². The lowest BCUT2D eigenvalue weighted by molar-refractivity contribution is 0.0526. The molecule has 1 N–H and O–H groups in total. The normalized spacial score (nSPS) is 27.0. The van der Waals surface area contributed by atoms with Gasteiger partial charge in [-0.15, -0.1) is 0 Å². The number of thiocarbonyl (C=S) groups is 1. The van der Waals surface area contributed by atoms with Gasteiger partial charge in [0.15, 0.2) is 5.11 Å². The first kappa shape index (κ1) is 18.2. The van der Waals surface area contributed by atoms with Crippen molar-refractivity contribution in [3.63, 3.8) is 0 Å². The van der Waals surface area contributed by atoms with Gasteiger partial charge in [-0.25, -0.2) is 4.79 Å². The van der Waals surface area contributed by atoms with Crippen molar-refractivity contribution in [1.82, 2.24) is 4.90 Å². The first-order valence-corrected chi connectivity index (χ1v) is 9.47. The Bertz CT molecular complexity index is 671. The van der Waals surface area contributed by atoms with E-state index in [1.165, 1.54) is 19.3 Å². The van der Waals surface area contributed by atoms with E-state index in [2.05, 4.69) is 31.0 Å². The first-order chi connectivity index (χ1) is 11.7. The summed E-state index contributed by atoms with van der Waals surface area (Å²) in [6.07, 6.45) is 3.66. The third-order valence-electron chi connectivity index (χ3n) is 5.32. The molecule has 1 aliphatic heterocycles. The minimum Gasteiger partial charge on any atom is -0.462 e. The highest BCUT2D eigenvalue weighted by molar-refractivity contribution is 7.80. The molecule has 25 heavy (non-hydrogen) atoms. The molecule has 2 bridgehead atoms. The van der Waals surface area contributed by atoms with Gasteiger partial charge in [0.2, 0.25) is 0 Å². The highest BCUT2D eigenvalue weighted by Crippen LogP contribution is 2.52. The summed E-state index contributed by atoms with van der Waals surface area (Å²) in [4.78, 5) is 14.1. The van der Waals surface area contributed by atoms with Crippen LogP contribution in [0.4, 0.5) is 5.69 Å². The number of rotatable bonds is 3. The summed E-state index contributed by atoms with van der Waals surface area (Å²) in [5, 5.41) is 4.13. The lowest BCUT2D eigenvalue weighted by Crippen LogP contribution is -2.39. The van der Waals surface area contributed by atoms with Crippen LogP contribution in [0.3, 0.4) is 0 Å². The molecule has 3 rings (SSSR count). The van der Waals surface area contributed by atoms with Gasteiger partial charge in [0.1, 0.15) is 0 Å². The number of nitrogens with zero attached hydrogens (tertiary/aromatic N) is 1. The summed E-state index contributed by atoms with van der Waals surface area (Å²) in [5.74, 6) is -0.292. The molecule has 0 amide bonds. The van der Waals surface area contributed by atoms with E-state index in [0.717, 1.165) is 17.3 Å². The second kappa shape index (κ2) is 6.60. The summed E-state index contributed by atoms with van der Waals surface area (Å²) < 4.78 is 5.01. The van der Waals surface area contributed by atoms with Crippen LogP contribution in [0.25, 0.3) is 0 Å². The number of hydrogen-bond acceptors (Lipinski definition) is 3. The van der Waals surface area contributed by atoms with Gasteiger partial charge in [-0.2, -0.15) is 0 Å². The fraction of sp³-hybridized carbons (Fsp3) is 0.600. The molecular weight excluding hydrogens is 332 g/mol. The molecule has 1 heterocycles. The number of nitrogens with one attached hydrogen (secondary N) is 1. The zero-order valence-electron chi connectivity index (χ0n) is 15.6. The Kier molecular flexibility index (Phi) is 4.80. The van der Waals surface area contributed by atoms with E-state index in [1.807, 2.05) is 12.1 Å². The highest BCUT2D eigenvalue weighted by Gasteiger charge is 2.50. The average molecular weight is 361 g/mol. The molecule has 1 aromatic carbocycles. The van der Waals surface area contributed by atoms with Crippen molar-refractivity contribution >= 4 is 29.0 Å². The lowest BCUT2D eigenvalue weighted by atomic mass is 9.65. The van der Waals surface area contributed by atoms with Crippen molar-refractivity contribution in [3.8, 4) is 0 Å². The predicted molar refractivity (Wildman–Crippen MR) is 105 cm³/mol. The smallest absolute Gasteiger partial charge is 0.338 e. The second-order valence-corrected chi connectivity index (χ2v) is 8.96. The molecule has 1 saturated carbocycles. The number of carbonyl (C=O) groups excluding carboxylic acids is 1. The number of carbonyl (C=O) groups is 1. The van der Waals surface area contributed by atoms with Gasteiger partial charge >= 0.3 is 5.97 Å². The van der Waals surface area contributed by atoms with E-state index in [9.17, 15) is 4.79 Å². The number of benzene rings is 1. The molecule has 0 aromatic heterocycles. The Morgan fingerprint density at radius 2 is 1.96 bits per heavy atom. The van der Waals surface area contributed by atoms with Crippen molar-refractivity contribution in [2.75, 3.05) is 18.5 Å². The van der Waals surface area contributed by atoms with Crippen LogP contribution in [-0.2, 0) is 4.74 Å². The molecule has 1 saturated heterocycles. The Labute approximate surface area is 155 Å². The standard InChI is InChI=1S/C20H28N2O2S/c1-5-24-17(23)14-6-8-15(9-7-14)21-18(25)22-13-20(4)11-16(22)10-19(2,3)12-20/h6-9,16H,5,10-13H2,1-4H3,(H,21,25)/t16-,20-/m0/s1. The monoisotopic (exact) mass is 360 g/mol. The van der Waals surface area contributed by atoms with Gasteiger partial charge in [0.05, 0.1) is 12.2 Å². The lowest BCUT2D eigenvalue weighted by Gasteiger charge is -2.39. The van der Waals surface area contributed by atoms with E-state index in [1.54, 1.807) is 19.1 Å². The molecule has 2 aliphatic rings. The molecule has 0 spiro atoms. The molecule has 2 fully saturated rings. The Morgan fingerprint density at radius 3 is 2.60 bits per heavy atom. The van der Waals surface area contributed by atoms with E-state index in [4.69, 9.17) is 17.0 Å². The number of likely N-dealkylation sites (tertiary alicyclic amines) is 1. The topological polar surface area (TPSA) is 41.6 Å². The first-order valence-electron chi connectivity index (χ1n) is 9.06. The van der Waals surface area contributed by atoms with Crippen LogP contribution in [0.2, 0.25) is 0 Å². The van der Waals surface area contributed by atoms with E-state index in [-0.39, 0.29) is 5.97 Å². The van der Waals surface area contributed by atoms with Crippen molar-refractivity contribution < 1.29 is 9.53 Å². The largest absolute Gasteiger partial charge is 0.462 e. The number of ether oxygens (including phenoxy) is 1. The third-order valence-corrected chi connectivity index (χ3v) is 5.66. The van der Waals surface area contributed by atoms with Crippen molar-refractivity contribution in [3.05, 3.63) is 29.8 Å². The molecule has 0 radical (unpaired) electrons. The van der Waals surface area contributed by atoms with E-state index in [0.29, 0.717) is 29.0 Å². The zero-order chi connectivity index (χ0) is 18.2. The molecule has 1 aromatic rings. The van der Waals surface area contributed by atoms with Crippen molar-refractivity contribution in [2.24, 2.45) is 10.8 Å². The van der Waals surface area contributed by atoms with Gasteiger partial charge in [-0.3, -0.25) is 0 Å². The van der Waals surface area contributed by atoms with Crippen molar-refractivity contribution in [2.45, 2.75) is 53.0 Å². The SMILES string of the molecule is CCOC(=O)c1ccc(NC(=S)N2C[C@@]3(C)C[C@@H]2CC(C)(C)C3)cc1.